The molecule has 0 aromatic heterocycles. The number of hydrogen-bond acceptors (Lipinski definition) is 4. The van der Waals surface area contributed by atoms with Crippen molar-refractivity contribution < 1.29 is 9.84 Å². The van der Waals surface area contributed by atoms with E-state index in [-0.39, 0.29) is 24.7 Å². The van der Waals surface area contributed by atoms with E-state index in [1.807, 2.05) is 0 Å². The van der Waals surface area contributed by atoms with Crippen LogP contribution in [0.4, 0.5) is 0 Å². The number of aliphatic hydroxyl groups is 1. The van der Waals surface area contributed by atoms with Gasteiger partial charge in [0.2, 0.25) is 0 Å². The van der Waals surface area contributed by atoms with Crippen molar-refractivity contribution in [2.24, 2.45) is 11.8 Å². The van der Waals surface area contributed by atoms with E-state index >= 15 is 0 Å². The van der Waals surface area contributed by atoms with E-state index in [1.165, 1.54) is 19.3 Å². The van der Waals surface area contributed by atoms with E-state index in [4.69, 9.17) is 4.74 Å². The third-order valence-electron chi connectivity index (χ3n) is 4.82. The Morgan fingerprint density at radius 3 is 2.80 bits per heavy atom. The predicted molar refractivity (Wildman–Crippen MR) is 78.1 cm³/mol. The molecule has 2 rings (SSSR count). The molecule has 5 atom stereocenters. The van der Waals surface area contributed by atoms with Crippen molar-refractivity contribution >= 4 is 0 Å². The second kappa shape index (κ2) is 7.40. The van der Waals surface area contributed by atoms with Crippen LogP contribution in [0.5, 0.6) is 0 Å². The van der Waals surface area contributed by atoms with Gasteiger partial charge in [0.1, 0.15) is 0 Å². The summed E-state index contributed by atoms with van der Waals surface area (Å²) in [6.45, 7) is 6.02. The van der Waals surface area contributed by atoms with Crippen LogP contribution in [0.1, 0.15) is 46.0 Å². The van der Waals surface area contributed by atoms with Gasteiger partial charge in [0.15, 0.2) is 0 Å². The van der Waals surface area contributed by atoms with Crippen LogP contribution in [-0.2, 0) is 4.74 Å². The smallest absolute Gasteiger partial charge is 0.0936 e. The van der Waals surface area contributed by atoms with Gasteiger partial charge in [-0.25, -0.2) is 0 Å². The number of rotatable bonds is 4. The van der Waals surface area contributed by atoms with Gasteiger partial charge in [-0.15, -0.1) is 0 Å². The van der Waals surface area contributed by atoms with Crippen LogP contribution in [0.2, 0.25) is 0 Å². The Hall–Kier alpha value is -0.630. The molecule has 1 saturated carbocycles. The minimum Gasteiger partial charge on any atom is -0.394 e. The summed E-state index contributed by atoms with van der Waals surface area (Å²) in [7, 11) is 0. The number of morpholine rings is 1. The zero-order chi connectivity index (χ0) is 14.5. The normalized spacial score (nSPS) is 39.4. The second-order valence-corrected chi connectivity index (χ2v) is 6.48. The van der Waals surface area contributed by atoms with E-state index in [2.05, 4.69) is 24.8 Å². The maximum Gasteiger partial charge on any atom is 0.0936 e. The van der Waals surface area contributed by atoms with Gasteiger partial charge in [0, 0.05) is 19.1 Å². The molecule has 114 valence electrons. The molecule has 1 aliphatic heterocycles. The monoisotopic (exact) mass is 280 g/mol. The van der Waals surface area contributed by atoms with E-state index < -0.39 is 0 Å². The molecule has 0 aromatic rings. The van der Waals surface area contributed by atoms with Gasteiger partial charge in [-0.05, 0) is 32.1 Å². The zero-order valence-electron chi connectivity index (χ0n) is 12.8. The minimum absolute atomic E-state index is 0.0726. The summed E-state index contributed by atoms with van der Waals surface area (Å²) in [5.41, 5.74) is 0. The Morgan fingerprint density at radius 1 is 1.35 bits per heavy atom. The summed E-state index contributed by atoms with van der Waals surface area (Å²) in [6, 6.07) is 2.87. The van der Waals surface area contributed by atoms with Crippen LogP contribution in [0, 0.1) is 23.2 Å². The van der Waals surface area contributed by atoms with Crippen LogP contribution < -0.4 is 0 Å². The lowest BCUT2D eigenvalue weighted by Crippen LogP contribution is -2.55. The molecule has 1 aliphatic carbocycles. The van der Waals surface area contributed by atoms with Gasteiger partial charge >= 0.3 is 0 Å². The van der Waals surface area contributed by atoms with E-state index in [0.717, 1.165) is 31.8 Å². The standard InChI is InChI=1S/C16H28N2O2/c1-3-4-13-5-6-14(8-17)16(7-13)18-9-12(2)20-15(10-18)11-19/h12-16,19H,3-7,9-11H2,1-2H3. The highest BCUT2D eigenvalue weighted by atomic mass is 16.5. The third kappa shape index (κ3) is 3.72. The first-order chi connectivity index (χ1) is 9.67. The van der Waals surface area contributed by atoms with Crippen molar-refractivity contribution in [1.82, 2.24) is 4.90 Å². The van der Waals surface area contributed by atoms with Gasteiger partial charge in [0.05, 0.1) is 30.8 Å². The first-order valence-electron chi connectivity index (χ1n) is 8.07. The number of nitrogens with zero attached hydrogens (tertiary/aromatic N) is 2. The average Bonchev–Trinajstić information content (AvgIpc) is 2.46. The molecule has 4 heteroatoms. The molecule has 0 radical (unpaired) electrons. The van der Waals surface area contributed by atoms with Gasteiger partial charge in [0.25, 0.3) is 0 Å². The SMILES string of the molecule is CCCC1CCC(C#N)C(N2CC(C)OC(CO)C2)C1. The molecule has 4 nitrogen and oxygen atoms in total. The molecule has 1 saturated heterocycles. The summed E-state index contributed by atoms with van der Waals surface area (Å²) in [5, 5.41) is 18.8. The first kappa shape index (κ1) is 15.8. The highest BCUT2D eigenvalue weighted by molar-refractivity contribution is 4.99. The summed E-state index contributed by atoms with van der Waals surface area (Å²) in [4.78, 5) is 2.41. The highest BCUT2D eigenvalue weighted by Crippen LogP contribution is 2.35. The lowest BCUT2D eigenvalue weighted by Gasteiger charge is -2.45. The zero-order valence-corrected chi connectivity index (χ0v) is 12.8. The van der Waals surface area contributed by atoms with E-state index in [0.29, 0.717) is 6.04 Å². The summed E-state index contributed by atoms with van der Waals surface area (Å²) < 4.78 is 5.73. The summed E-state index contributed by atoms with van der Waals surface area (Å²) in [5.74, 6) is 0.910. The topological polar surface area (TPSA) is 56.5 Å². The molecule has 1 N–H and O–H groups in total. The Morgan fingerprint density at radius 2 is 2.15 bits per heavy atom. The van der Waals surface area contributed by atoms with Crippen molar-refractivity contribution in [3.8, 4) is 6.07 Å². The lowest BCUT2D eigenvalue weighted by molar-refractivity contribution is -0.113. The molecule has 0 aromatic carbocycles. The van der Waals surface area contributed by atoms with E-state index in [9.17, 15) is 10.4 Å². The Labute approximate surface area is 122 Å². The van der Waals surface area contributed by atoms with Gasteiger partial charge in [-0.2, -0.15) is 5.26 Å². The molecule has 2 aliphatic rings. The van der Waals surface area contributed by atoms with Crippen LogP contribution >= 0.6 is 0 Å². The van der Waals surface area contributed by atoms with Crippen molar-refractivity contribution in [3.05, 3.63) is 0 Å². The number of hydrogen-bond donors (Lipinski definition) is 1. The molecule has 1 heterocycles. The van der Waals surface area contributed by atoms with Crippen LogP contribution in [-0.4, -0.2) is 48.0 Å². The molecule has 0 bridgehead atoms. The van der Waals surface area contributed by atoms with Crippen molar-refractivity contribution in [2.45, 2.75) is 64.2 Å². The number of aliphatic hydroxyl groups excluding tert-OH is 1. The fraction of sp³-hybridized carbons (Fsp3) is 0.938. The molecular formula is C16H28N2O2. The van der Waals surface area contributed by atoms with Crippen LogP contribution in [0.15, 0.2) is 0 Å². The summed E-state index contributed by atoms with van der Waals surface area (Å²) >= 11 is 0. The minimum atomic E-state index is -0.0929. The van der Waals surface area contributed by atoms with Crippen LogP contribution in [0.25, 0.3) is 0 Å². The third-order valence-corrected chi connectivity index (χ3v) is 4.82. The average molecular weight is 280 g/mol. The highest BCUT2D eigenvalue weighted by Gasteiger charge is 2.37. The maximum atomic E-state index is 9.44. The fourth-order valence-corrected chi connectivity index (χ4v) is 3.91. The molecule has 0 amide bonds. The number of nitriles is 1. The van der Waals surface area contributed by atoms with Crippen molar-refractivity contribution in [1.29, 1.82) is 5.26 Å². The maximum absolute atomic E-state index is 9.44. The molecule has 5 unspecified atom stereocenters. The molecular weight excluding hydrogens is 252 g/mol. The Bertz CT molecular complexity index is 342. The quantitative estimate of drug-likeness (QED) is 0.857. The Kier molecular flexibility index (Phi) is 5.83. The van der Waals surface area contributed by atoms with Gasteiger partial charge in [-0.1, -0.05) is 19.8 Å². The number of ether oxygens (including phenoxy) is 1. The van der Waals surface area contributed by atoms with E-state index in [1.54, 1.807) is 0 Å². The summed E-state index contributed by atoms with van der Waals surface area (Å²) in [6.07, 6.45) is 5.92. The predicted octanol–water partition coefficient (Wildman–Crippen LogP) is 2.18. The second-order valence-electron chi connectivity index (χ2n) is 6.48. The van der Waals surface area contributed by atoms with Crippen molar-refractivity contribution in [2.75, 3.05) is 19.7 Å². The first-order valence-corrected chi connectivity index (χ1v) is 8.07. The molecule has 2 fully saturated rings. The Balaban J connectivity index is 2.04. The largest absolute Gasteiger partial charge is 0.394 e. The van der Waals surface area contributed by atoms with Crippen molar-refractivity contribution in [3.63, 3.8) is 0 Å². The fourth-order valence-electron chi connectivity index (χ4n) is 3.91. The molecule has 20 heavy (non-hydrogen) atoms. The van der Waals surface area contributed by atoms with Crippen LogP contribution in [0.3, 0.4) is 0 Å². The van der Waals surface area contributed by atoms with Gasteiger partial charge < -0.3 is 9.84 Å². The molecule has 0 spiro atoms. The van der Waals surface area contributed by atoms with Gasteiger partial charge in [-0.3, -0.25) is 4.90 Å². The lowest BCUT2D eigenvalue weighted by atomic mass is 9.76.